The largest absolute Gasteiger partial charge is 0.384 e. The van der Waals surface area contributed by atoms with Crippen LogP contribution < -0.4 is 0 Å². The van der Waals surface area contributed by atoms with Crippen LogP contribution in [0.4, 0.5) is 0 Å². The van der Waals surface area contributed by atoms with Gasteiger partial charge in [0.1, 0.15) is 6.61 Å². The van der Waals surface area contributed by atoms with Crippen LogP contribution in [0.25, 0.3) is 0 Å². The van der Waals surface area contributed by atoms with E-state index in [-0.39, 0.29) is 18.6 Å². The fourth-order valence-electron chi connectivity index (χ4n) is 2.05. The first-order chi connectivity index (χ1) is 9.24. The van der Waals surface area contributed by atoms with Crippen LogP contribution >= 0.6 is 0 Å². The molecule has 1 aromatic rings. The van der Waals surface area contributed by atoms with Crippen molar-refractivity contribution in [2.24, 2.45) is 0 Å². The lowest BCUT2D eigenvalue weighted by atomic mass is 10.2. The van der Waals surface area contributed by atoms with Crippen LogP contribution in [0.5, 0.6) is 0 Å². The number of carbonyl (C=O) groups excluding carboxylic acids is 1. The quantitative estimate of drug-likeness (QED) is 0.776. The van der Waals surface area contributed by atoms with Gasteiger partial charge in [0.05, 0.1) is 11.7 Å². The van der Waals surface area contributed by atoms with Crippen LogP contribution in [0.3, 0.4) is 0 Å². The number of aliphatic hydroxyl groups is 1. The minimum Gasteiger partial charge on any atom is -0.384 e. The lowest BCUT2D eigenvalue weighted by Crippen LogP contribution is -2.30. The van der Waals surface area contributed by atoms with Crippen LogP contribution in [0.1, 0.15) is 22.3 Å². The van der Waals surface area contributed by atoms with E-state index >= 15 is 0 Å². The summed E-state index contributed by atoms with van der Waals surface area (Å²) >= 11 is 0. The van der Waals surface area contributed by atoms with Crippen LogP contribution in [-0.4, -0.2) is 53.8 Å². The molecule has 5 heteroatoms. The molecule has 1 fully saturated rings. The molecule has 5 nitrogen and oxygen atoms in total. The Kier molecular flexibility index (Phi) is 4.50. The number of hydrogen-bond acceptors (Lipinski definition) is 4. The van der Waals surface area contributed by atoms with E-state index in [1.54, 1.807) is 24.3 Å². The molecule has 0 spiro atoms. The van der Waals surface area contributed by atoms with E-state index < -0.39 is 0 Å². The number of ether oxygens (including phenoxy) is 1. The number of hydrogen-bond donors (Lipinski definition) is 1. The lowest BCUT2D eigenvalue weighted by Gasteiger charge is -2.15. The maximum atomic E-state index is 12.3. The van der Waals surface area contributed by atoms with Crippen LogP contribution in [0, 0.1) is 11.8 Å². The summed E-state index contributed by atoms with van der Waals surface area (Å²) < 4.78 is 5.24. The summed E-state index contributed by atoms with van der Waals surface area (Å²) in [5.41, 5.74) is 1.14. The topological polar surface area (TPSA) is 62.7 Å². The fourth-order valence-corrected chi connectivity index (χ4v) is 2.05. The second kappa shape index (κ2) is 6.32. The van der Waals surface area contributed by atoms with Gasteiger partial charge in [0, 0.05) is 38.2 Å². The van der Waals surface area contributed by atoms with Gasteiger partial charge >= 0.3 is 0 Å². The first-order valence-corrected chi connectivity index (χ1v) is 6.11. The van der Waals surface area contributed by atoms with Gasteiger partial charge in [-0.2, -0.15) is 0 Å². The summed E-state index contributed by atoms with van der Waals surface area (Å²) in [6.07, 6.45) is 4.09. The Bertz CT molecular complexity index is 519. The van der Waals surface area contributed by atoms with Crippen molar-refractivity contribution >= 4 is 5.91 Å². The van der Waals surface area contributed by atoms with Crippen molar-refractivity contribution in [1.29, 1.82) is 0 Å². The average Bonchev–Trinajstić information content (AvgIpc) is 2.93. The molecule has 2 rings (SSSR count). The number of rotatable bonds is 2. The van der Waals surface area contributed by atoms with Crippen molar-refractivity contribution < 1.29 is 14.6 Å². The Morgan fingerprint density at radius 2 is 2.47 bits per heavy atom. The number of nitrogens with zero attached hydrogens (tertiary/aromatic N) is 2. The van der Waals surface area contributed by atoms with Gasteiger partial charge in [-0.05, 0) is 12.5 Å². The Morgan fingerprint density at radius 1 is 1.63 bits per heavy atom. The molecule has 0 aliphatic carbocycles. The molecule has 0 saturated carbocycles. The molecule has 1 aliphatic rings. The van der Waals surface area contributed by atoms with Crippen molar-refractivity contribution in [3.8, 4) is 11.8 Å². The minimum atomic E-state index is -0.209. The Morgan fingerprint density at radius 3 is 3.16 bits per heavy atom. The number of aliphatic hydroxyl groups excluding tert-OH is 1. The molecule has 1 unspecified atom stereocenters. The van der Waals surface area contributed by atoms with Gasteiger partial charge in [-0.15, -0.1) is 0 Å². The molecule has 1 atom stereocenters. The minimum absolute atomic E-state index is 0.0558. The van der Waals surface area contributed by atoms with E-state index in [4.69, 9.17) is 9.84 Å². The molecular formula is C14H16N2O3. The Hall–Kier alpha value is -1.90. The predicted molar refractivity (Wildman–Crippen MR) is 69.5 cm³/mol. The molecule has 0 bridgehead atoms. The second-order valence-electron chi connectivity index (χ2n) is 4.32. The summed E-state index contributed by atoms with van der Waals surface area (Å²) in [4.78, 5) is 18.0. The maximum absolute atomic E-state index is 12.3. The molecule has 0 aromatic carbocycles. The van der Waals surface area contributed by atoms with Gasteiger partial charge < -0.3 is 14.7 Å². The highest BCUT2D eigenvalue weighted by Crippen LogP contribution is 2.15. The van der Waals surface area contributed by atoms with E-state index in [1.165, 1.54) is 6.20 Å². The molecule has 2 heterocycles. The van der Waals surface area contributed by atoms with Crippen molar-refractivity contribution in [1.82, 2.24) is 9.88 Å². The summed E-state index contributed by atoms with van der Waals surface area (Å²) in [7, 11) is 1.66. The third-order valence-corrected chi connectivity index (χ3v) is 3.06. The maximum Gasteiger partial charge on any atom is 0.255 e. The molecule has 1 N–H and O–H groups in total. The summed E-state index contributed by atoms with van der Waals surface area (Å²) in [6, 6.07) is 1.69. The van der Waals surface area contributed by atoms with Gasteiger partial charge in [0.25, 0.3) is 5.91 Å². The third kappa shape index (κ3) is 3.31. The highest BCUT2D eigenvalue weighted by atomic mass is 16.5. The van der Waals surface area contributed by atoms with E-state index in [0.29, 0.717) is 24.2 Å². The van der Waals surface area contributed by atoms with Crippen LogP contribution in [0.2, 0.25) is 0 Å². The van der Waals surface area contributed by atoms with E-state index in [9.17, 15) is 4.79 Å². The van der Waals surface area contributed by atoms with E-state index in [0.717, 1.165) is 6.42 Å². The van der Waals surface area contributed by atoms with E-state index in [2.05, 4.69) is 16.8 Å². The molecule has 1 aliphatic heterocycles. The number of likely N-dealkylation sites (tertiary alicyclic amines) is 1. The Labute approximate surface area is 112 Å². The van der Waals surface area contributed by atoms with Crippen molar-refractivity contribution in [2.45, 2.75) is 12.5 Å². The average molecular weight is 260 g/mol. The highest BCUT2D eigenvalue weighted by Gasteiger charge is 2.26. The number of methoxy groups -OCH3 is 1. The SMILES string of the molecule is COC1CCN(C(=O)c2cncc(C#CCO)c2)C1. The van der Waals surface area contributed by atoms with Gasteiger partial charge in [0.2, 0.25) is 0 Å². The van der Waals surface area contributed by atoms with Gasteiger partial charge in [0.15, 0.2) is 0 Å². The molecule has 0 radical (unpaired) electrons. The summed E-state index contributed by atoms with van der Waals surface area (Å²) in [6.45, 7) is 1.10. The Balaban J connectivity index is 2.11. The smallest absolute Gasteiger partial charge is 0.255 e. The predicted octanol–water partition coefficient (Wildman–Crippen LogP) is 0.286. The normalized spacial score (nSPS) is 18.0. The van der Waals surface area contributed by atoms with Gasteiger partial charge in [-0.3, -0.25) is 9.78 Å². The number of amides is 1. The molecule has 1 aromatic heterocycles. The zero-order valence-electron chi connectivity index (χ0n) is 10.8. The van der Waals surface area contributed by atoms with Crippen molar-refractivity contribution in [3.05, 3.63) is 29.6 Å². The number of carbonyl (C=O) groups is 1. The molecule has 100 valence electrons. The lowest BCUT2D eigenvalue weighted by molar-refractivity contribution is 0.0724. The molecule has 1 amide bonds. The zero-order valence-corrected chi connectivity index (χ0v) is 10.8. The second-order valence-corrected chi connectivity index (χ2v) is 4.32. The van der Waals surface area contributed by atoms with Crippen molar-refractivity contribution in [2.75, 3.05) is 26.8 Å². The molecule has 1 saturated heterocycles. The summed E-state index contributed by atoms with van der Waals surface area (Å²) in [5, 5.41) is 8.65. The van der Waals surface area contributed by atoms with Crippen molar-refractivity contribution in [3.63, 3.8) is 0 Å². The first-order valence-electron chi connectivity index (χ1n) is 6.11. The van der Waals surface area contributed by atoms with Gasteiger partial charge in [-0.1, -0.05) is 11.8 Å². The summed E-state index contributed by atoms with van der Waals surface area (Å²) in [5.74, 6) is 5.22. The highest BCUT2D eigenvalue weighted by molar-refractivity contribution is 5.94. The third-order valence-electron chi connectivity index (χ3n) is 3.06. The monoisotopic (exact) mass is 260 g/mol. The van der Waals surface area contributed by atoms with E-state index in [1.807, 2.05) is 0 Å². The van der Waals surface area contributed by atoms with Gasteiger partial charge in [-0.25, -0.2) is 0 Å². The zero-order chi connectivity index (χ0) is 13.7. The van der Waals surface area contributed by atoms with Crippen LogP contribution in [0.15, 0.2) is 18.5 Å². The first kappa shape index (κ1) is 13.5. The fraction of sp³-hybridized carbons (Fsp3) is 0.429. The molecule has 19 heavy (non-hydrogen) atoms. The van der Waals surface area contributed by atoms with Crippen LogP contribution in [-0.2, 0) is 4.74 Å². The standard InChI is InChI=1S/C14H16N2O3/c1-19-13-4-5-16(10-13)14(18)12-7-11(3-2-6-17)8-15-9-12/h7-9,13,17H,4-6,10H2,1H3. The number of aromatic nitrogens is 1. The number of pyridine rings is 1. The molecular weight excluding hydrogens is 244 g/mol.